The molecular formula is C25H18BrNO3S. The van der Waals surface area contributed by atoms with Crippen LogP contribution >= 0.6 is 27.7 Å². The third kappa shape index (κ3) is 3.70. The number of carbonyl (C=O) groups is 1. The molecule has 1 aromatic heterocycles. The molecule has 31 heavy (non-hydrogen) atoms. The summed E-state index contributed by atoms with van der Waals surface area (Å²) in [7, 11) is 0. The zero-order valence-corrected chi connectivity index (χ0v) is 18.8. The molecular weight excluding hydrogens is 474 g/mol. The van der Waals surface area contributed by atoms with E-state index in [9.17, 15) is 14.7 Å². The number of rotatable bonds is 4. The van der Waals surface area contributed by atoms with E-state index in [2.05, 4.69) is 46.3 Å². The third-order valence-corrected chi connectivity index (χ3v) is 7.29. The van der Waals surface area contributed by atoms with Crippen LogP contribution in [0.2, 0.25) is 0 Å². The van der Waals surface area contributed by atoms with Crippen LogP contribution < -0.4 is 5.56 Å². The van der Waals surface area contributed by atoms with Gasteiger partial charge in [-0.3, -0.25) is 9.36 Å². The summed E-state index contributed by atoms with van der Waals surface area (Å²) < 4.78 is 2.40. The Bertz CT molecular complexity index is 1380. The number of aromatic nitrogens is 1. The maximum absolute atomic E-state index is 13.0. The number of benzene rings is 3. The molecule has 0 aliphatic carbocycles. The molecule has 0 amide bonds. The minimum atomic E-state index is -0.975. The fourth-order valence-electron chi connectivity index (χ4n) is 4.13. The van der Waals surface area contributed by atoms with E-state index in [4.69, 9.17) is 0 Å². The van der Waals surface area contributed by atoms with Gasteiger partial charge >= 0.3 is 5.97 Å². The zero-order valence-electron chi connectivity index (χ0n) is 16.4. The van der Waals surface area contributed by atoms with Gasteiger partial charge < -0.3 is 5.11 Å². The summed E-state index contributed by atoms with van der Waals surface area (Å²) in [6.07, 6.45) is 0.595. The molecule has 154 valence electrons. The highest BCUT2D eigenvalue weighted by Gasteiger charge is 2.33. The van der Waals surface area contributed by atoms with E-state index in [0.717, 1.165) is 37.1 Å². The van der Waals surface area contributed by atoms with E-state index in [0.29, 0.717) is 12.2 Å². The van der Waals surface area contributed by atoms with Crippen LogP contribution in [-0.2, 0) is 11.2 Å². The highest BCUT2D eigenvalue weighted by molar-refractivity contribution is 9.10. The number of thioether (sulfide) groups is 1. The third-order valence-electron chi connectivity index (χ3n) is 5.60. The smallest absolute Gasteiger partial charge is 0.327 e. The Morgan fingerprint density at radius 2 is 1.77 bits per heavy atom. The van der Waals surface area contributed by atoms with E-state index < -0.39 is 12.0 Å². The molecule has 6 heteroatoms. The van der Waals surface area contributed by atoms with E-state index in [-0.39, 0.29) is 5.56 Å². The fraction of sp³-hybridized carbons (Fsp3) is 0.120. The zero-order chi connectivity index (χ0) is 21.5. The molecule has 0 saturated carbocycles. The summed E-state index contributed by atoms with van der Waals surface area (Å²) in [6, 6.07) is 23.2. The average Bonchev–Trinajstić information content (AvgIpc) is 3.21. The van der Waals surface area contributed by atoms with Crippen LogP contribution in [0.15, 0.2) is 87.1 Å². The number of fused-ring (bicyclic) bond motifs is 2. The SMILES string of the molecule is O=C(O)[C@@H]1CSc2c(-c3ccc(Br)cc3)c(Cc3ccc4ccccc4c3)cc(=O)n21. The van der Waals surface area contributed by atoms with Gasteiger partial charge in [0.2, 0.25) is 0 Å². The second-order valence-corrected chi connectivity index (χ2v) is 9.51. The van der Waals surface area contributed by atoms with Crippen LogP contribution in [0, 0.1) is 0 Å². The van der Waals surface area contributed by atoms with E-state index >= 15 is 0 Å². The van der Waals surface area contributed by atoms with Crippen LogP contribution in [0.1, 0.15) is 17.2 Å². The lowest BCUT2D eigenvalue weighted by molar-refractivity contribution is -0.140. The van der Waals surface area contributed by atoms with Crippen molar-refractivity contribution < 1.29 is 9.90 Å². The van der Waals surface area contributed by atoms with Crippen molar-refractivity contribution in [2.45, 2.75) is 17.5 Å². The normalized spacial score (nSPS) is 15.2. The van der Waals surface area contributed by atoms with Crippen molar-refractivity contribution in [1.29, 1.82) is 0 Å². The first kappa shape index (κ1) is 20.1. The van der Waals surface area contributed by atoms with E-state index in [1.165, 1.54) is 21.7 Å². The quantitative estimate of drug-likeness (QED) is 0.394. The maximum Gasteiger partial charge on any atom is 0.327 e. The molecule has 5 rings (SSSR count). The van der Waals surface area contributed by atoms with Gasteiger partial charge in [-0.1, -0.05) is 70.5 Å². The molecule has 1 atom stereocenters. The van der Waals surface area contributed by atoms with Crippen molar-refractivity contribution in [2.24, 2.45) is 0 Å². The predicted octanol–water partition coefficient (Wildman–Crippen LogP) is 5.75. The van der Waals surface area contributed by atoms with Crippen LogP contribution in [-0.4, -0.2) is 21.4 Å². The Morgan fingerprint density at radius 1 is 1.03 bits per heavy atom. The number of carboxylic acids is 1. The molecule has 1 N–H and O–H groups in total. The Hall–Kier alpha value is -2.83. The van der Waals surface area contributed by atoms with Crippen molar-refractivity contribution in [3.63, 3.8) is 0 Å². The first-order valence-corrected chi connectivity index (χ1v) is 11.7. The highest BCUT2D eigenvalue weighted by atomic mass is 79.9. The second-order valence-electron chi connectivity index (χ2n) is 7.59. The number of nitrogens with zero attached hydrogens (tertiary/aromatic N) is 1. The summed E-state index contributed by atoms with van der Waals surface area (Å²) >= 11 is 4.92. The lowest BCUT2D eigenvalue weighted by Crippen LogP contribution is -2.29. The highest BCUT2D eigenvalue weighted by Crippen LogP contribution is 2.41. The number of aliphatic carboxylic acids is 1. The van der Waals surface area contributed by atoms with Gasteiger partial charge in [0.1, 0.15) is 6.04 Å². The first-order chi connectivity index (χ1) is 15.0. The monoisotopic (exact) mass is 491 g/mol. The van der Waals surface area contributed by atoms with Gasteiger partial charge in [0.25, 0.3) is 5.56 Å². The minimum Gasteiger partial charge on any atom is -0.480 e. The Kier molecular flexibility index (Phi) is 5.20. The summed E-state index contributed by atoms with van der Waals surface area (Å²) in [4.78, 5) is 24.7. The molecule has 0 radical (unpaired) electrons. The number of hydrogen-bond acceptors (Lipinski definition) is 3. The molecule has 4 nitrogen and oxygen atoms in total. The van der Waals surface area contributed by atoms with Crippen LogP contribution in [0.25, 0.3) is 21.9 Å². The number of pyridine rings is 1. The van der Waals surface area contributed by atoms with Gasteiger partial charge in [0, 0.05) is 21.9 Å². The van der Waals surface area contributed by atoms with Gasteiger partial charge in [0.05, 0.1) is 5.03 Å². The Labute approximate surface area is 191 Å². The average molecular weight is 492 g/mol. The number of carboxylic acid groups (broad SMARTS) is 1. The van der Waals surface area contributed by atoms with Gasteiger partial charge in [-0.15, -0.1) is 11.8 Å². The van der Waals surface area contributed by atoms with Gasteiger partial charge in [0.15, 0.2) is 0 Å². The van der Waals surface area contributed by atoms with E-state index in [1.807, 2.05) is 36.4 Å². The predicted molar refractivity (Wildman–Crippen MR) is 128 cm³/mol. The van der Waals surface area contributed by atoms with Crippen molar-refractivity contribution in [3.8, 4) is 11.1 Å². The molecule has 4 aromatic rings. The van der Waals surface area contributed by atoms with Crippen molar-refractivity contribution in [2.75, 3.05) is 5.75 Å². The Morgan fingerprint density at radius 3 is 2.52 bits per heavy atom. The molecule has 0 unspecified atom stereocenters. The molecule has 0 fully saturated rings. The number of hydrogen-bond donors (Lipinski definition) is 1. The van der Waals surface area contributed by atoms with E-state index in [1.54, 1.807) is 6.07 Å². The van der Waals surface area contributed by atoms with Gasteiger partial charge in [-0.05, 0) is 46.0 Å². The van der Waals surface area contributed by atoms with Crippen molar-refractivity contribution >= 4 is 44.4 Å². The van der Waals surface area contributed by atoms with Crippen molar-refractivity contribution in [3.05, 3.63) is 98.7 Å². The topological polar surface area (TPSA) is 59.3 Å². The number of halogens is 1. The molecule has 1 aliphatic heterocycles. The molecule has 0 spiro atoms. The second kappa shape index (κ2) is 8.02. The molecule has 1 aliphatic rings. The summed E-state index contributed by atoms with van der Waals surface area (Å²) in [5.74, 6) is -0.620. The lowest BCUT2D eigenvalue weighted by atomic mass is 9.95. The van der Waals surface area contributed by atoms with Crippen LogP contribution in [0.4, 0.5) is 0 Å². The standard InChI is InChI=1S/C25H18BrNO3S/c26-20-9-7-17(8-10-20)23-19(12-15-5-6-16-3-1-2-4-18(16)11-15)13-22(28)27-21(25(29)30)14-31-24(23)27/h1-11,13,21H,12,14H2,(H,29,30)/t21-/m0/s1. The molecule has 0 bridgehead atoms. The molecule has 2 heterocycles. The lowest BCUT2D eigenvalue weighted by Gasteiger charge is -2.17. The van der Waals surface area contributed by atoms with Crippen LogP contribution in [0.3, 0.4) is 0 Å². The summed E-state index contributed by atoms with van der Waals surface area (Å²) in [5, 5.41) is 12.7. The molecule has 0 saturated heterocycles. The van der Waals surface area contributed by atoms with Crippen molar-refractivity contribution in [1.82, 2.24) is 4.57 Å². The fourth-order valence-corrected chi connectivity index (χ4v) is 5.75. The van der Waals surface area contributed by atoms with Gasteiger partial charge in [-0.25, -0.2) is 4.79 Å². The molecule has 3 aromatic carbocycles. The minimum absolute atomic E-state index is 0.260. The first-order valence-electron chi connectivity index (χ1n) is 9.89. The maximum atomic E-state index is 13.0. The summed E-state index contributed by atoms with van der Waals surface area (Å²) in [6.45, 7) is 0. The van der Waals surface area contributed by atoms with Gasteiger partial charge in [-0.2, -0.15) is 0 Å². The Balaban J connectivity index is 1.69. The van der Waals surface area contributed by atoms with Crippen LogP contribution in [0.5, 0.6) is 0 Å². The largest absolute Gasteiger partial charge is 0.480 e. The summed E-state index contributed by atoms with van der Waals surface area (Å²) in [5.41, 5.74) is 3.67.